The molecule has 3 heteroatoms. The van der Waals surface area contributed by atoms with Gasteiger partial charge >= 0.3 is 0 Å². The van der Waals surface area contributed by atoms with Crippen molar-refractivity contribution < 1.29 is 4.74 Å². The van der Waals surface area contributed by atoms with Crippen LogP contribution in [-0.4, -0.2) is 6.04 Å². The lowest BCUT2D eigenvalue weighted by atomic mass is 10.0. The third-order valence-electron chi connectivity index (χ3n) is 3.45. The van der Waals surface area contributed by atoms with Crippen LogP contribution in [0.4, 0.5) is 0 Å². The Kier molecular flexibility index (Phi) is 3.56. The molecule has 1 fully saturated rings. The zero-order valence-corrected chi connectivity index (χ0v) is 11.5. The Labute approximate surface area is 118 Å². The normalized spacial score (nSPS) is 26.5. The number of nitrogens with one attached hydrogen (secondary N) is 1. The fourth-order valence-corrected chi connectivity index (χ4v) is 2.58. The number of ether oxygens (including phenoxy) is 1. The van der Waals surface area contributed by atoms with Gasteiger partial charge in [-0.3, -0.25) is 5.32 Å². The van der Waals surface area contributed by atoms with Gasteiger partial charge in [-0.25, -0.2) is 0 Å². The van der Waals surface area contributed by atoms with Crippen molar-refractivity contribution in [2.75, 3.05) is 0 Å². The summed E-state index contributed by atoms with van der Waals surface area (Å²) in [6.07, 6.45) is 0.0133. The first kappa shape index (κ1) is 12.7. The minimum absolute atomic E-state index is 0.0718. The fraction of sp³-hybridized carbons (Fsp3) is 0.250. The second-order valence-electron chi connectivity index (χ2n) is 4.85. The quantitative estimate of drug-likeness (QED) is 0.890. The molecule has 1 saturated heterocycles. The number of hydrogen-bond acceptors (Lipinski definition) is 2. The summed E-state index contributed by atoms with van der Waals surface area (Å²) in [4.78, 5) is 0. The molecule has 0 amide bonds. The molecule has 3 unspecified atom stereocenters. The summed E-state index contributed by atoms with van der Waals surface area (Å²) in [7, 11) is 0. The third kappa shape index (κ3) is 2.66. The molecule has 0 aliphatic carbocycles. The summed E-state index contributed by atoms with van der Waals surface area (Å²) >= 11 is 5.91. The highest BCUT2D eigenvalue weighted by atomic mass is 35.5. The molecule has 0 radical (unpaired) electrons. The van der Waals surface area contributed by atoms with Crippen LogP contribution in [0.3, 0.4) is 0 Å². The molecule has 3 rings (SSSR count). The zero-order valence-electron chi connectivity index (χ0n) is 10.7. The first-order valence-electron chi connectivity index (χ1n) is 6.46. The van der Waals surface area contributed by atoms with Crippen molar-refractivity contribution in [1.29, 1.82) is 0 Å². The molecular weight excluding hydrogens is 258 g/mol. The third-order valence-corrected chi connectivity index (χ3v) is 3.70. The van der Waals surface area contributed by atoms with Gasteiger partial charge in [-0.05, 0) is 30.2 Å². The summed E-state index contributed by atoms with van der Waals surface area (Å²) in [5.41, 5.74) is 2.31. The maximum atomic E-state index is 6.13. The van der Waals surface area contributed by atoms with Crippen LogP contribution in [0.25, 0.3) is 0 Å². The Morgan fingerprint density at radius 3 is 2.32 bits per heavy atom. The van der Waals surface area contributed by atoms with Crippen molar-refractivity contribution in [1.82, 2.24) is 5.32 Å². The predicted octanol–water partition coefficient (Wildman–Crippen LogP) is 4.09. The van der Waals surface area contributed by atoms with Crippen LogP contribution in [0.1, 0.15) is 30.4 Å². The molecule has 19 heavy (non-hydrogen) atoms. The molecule has 0 aromatic heterocycles. The smallest absolute Gasteiger partial charge is 0.135 e. The highest BCUT2D eigenvalue weighted by molar-refractivity contribution is 6.30. The summed E-state index contributed by atoms with van der Waals surface area (Å²) in [6.45, 7) is 2.15. The average Bonchev–Trinajstić information content (AvgIpc) is 2.83. The fourth-order valence-electron chi connectivity index (χ4n) is 2.45. The van der Waals surface area contributed by atoms with Crippen LogP contribution in [-0.2, 0) is 4.74 Å². The summed E-state index contributed by atoms with van der Waals surface area (Å²) in [6, 6.07) is 18.4. The SMILES string of the molecule is CC1NC(c2ccc(Cl)cc2)OC1c1ccccc1. The maximum Gasteiger partial charge on any atom is 0.135 e. The van der Waals surface area contributed by atoms with E-state index in [9.17, 15) is 0 Å². The van der Waals surface area contributed by atoms with E-state index in [1.807, 2.05) is 42.5 Å². The molecule has 1 aliphatic heterocycles. The predicted molar refractivity (Wildman–Crippen MR) is 77.1 cm³/mol. The second-order valence-corrected chi connectivity index (χ2v) is 5.29. The highest BCUT2D eigenvalue weighted by Crippen LogP contribution is 2.34. The highest BCUT2D eigenvalue weighted by Gasteiger charge is 2.33. The van der Waals surface area contributed by atoms with E-state index >= 15 is 0 Å². The standard InChI is InChI=1S/C16H16ClNO/c1-11-15(12-5-3-2-4-6-12)19-16(18-11)13-7-9-14(17)10-8-13/h2-11,15-16,18H,1H3. The van der Waals surface area contributed by atoms with E-state index in [4.69, 9.17) is 16.3 Å². The number of halogens is 1. The Balaban J connectivity index is 1.80. The van der Waals surface area contributed by atoms with E-state index < -0.39 is 0 Å². The average molecular weight is 274 g/mol. The molecule has 0 bridgehead atoms. The van der Waals surface area contributed by atoms with Crippen LogP contribution in [0.2, 0.25) is 5.02 Å². The van der Waals surface area contributed by atoms with Crippen molar-refractivity contribution in [3.8, 4) is 0 Å². The van der Waals surface area contributed by atoms with Crippen molar-refractivity contribution in [3.63, 3.8) is 0 Å². The van der Waals surface area contributed by atoms with Gasteiger partial charge in [0.25, 0.3) is 0 Å². The van der Waals surface area contributed by atoms with Crippen LogP contribution in [0, 0.1) is 0 Å². The molecule has 3 atom stereocenters. The van der Waals surface area contributed by atoms with Gasteiger partial charge in [0, 0.05) is 11.1 Å². The van der Waals surface area contributed by atoms with E-state index in [0.717, 1.165) is 10.6 Å². The maximum absolute atomic E-state index is 6.13. The number of rotatable bonds is 2. The van der Waals surface area contributed by atoms with Crippen molar-refractivity contribution in [2.45, 2.75) is 25.3 Å². The molecule has 1 aliphatic rings. The molecule has 2 nitrogen and oxygen atoms in total. The molecule has 1 heterocycles. The lowest BCUT2D eigenvalue weighted by Crippen LogP contribution is -2.23. The Bertz CT molecular complexity index is 540. The van der Waals surface area contributed by atoms with Gasteiger partial charge in [-0.2, -0.15) is 0 Å². The first-order chi connectivity index (χ1) is 9.24. The zero-order chi connectivity index (χ0) is 13.2. The Hall–Kier alpha value is -1.35. The summed E-state index contributed by atoms with van der Waals surface area (Å²) in [5, 5.41) is 4.22. The van der Waals surface area contributed by atoms with Crippen LogP contribution < -0.4 is 5.32 Å². The van der Waals surface area contributed by atoms with Gasteiger partial charge in [0.15, 0.2) is 0 Å². The van der Waals surface area contributed by atoms with Gasteiger partial charge in [0.1, 0.15) is 12.3 Å². The summed E-state index contributed by atoms with van der Waals surface area (Å²) < 4.78 is 6.13. The van der Waals surface area contributed by atoms with E-state index in [-0.39, 0.29) is 18.4 Å². The van der Waals surface area contributed by atoms with Gasteiger partial charge in [0.05, 0.1) is 0 Å². The van der Waals surface area contributed by atoms with Crippen molar-refractivity contribution >= 4 is 11.6 Å². The van der Waals surface area contributed by atoms with Crippen LogP contribution >= 0.6 is 11.6 Å². The molecule has 0 spiro atoms. The molecule has 98 valence electrons. The lowest BCUT2D eigenvalue weighted by Gasteiger charge is -2.14. The minimum atomic E-state index is -0.0718. The summed E-state index contributed by atoms with van der Waals surface area (Å²) in [5.74, 6) is 0. The van der Waals surface area contributed by atoms with E-state index in [0.29, 0.717) is 0 Å². The second kappa shape index (κ2) is 5.33. The molecule has 2 aromatic carbocycles. The van der Waals surface area contributed by atoms with Crippen molar-refractivity contribution in [2.24, 2.45) is 0 Å². The minimum Gasteiger partial charge on any atom is -0.350 e. The molecule has 2 aromatic rings. The Morgan fingerprint density at radius 1 is 0.947 bits per heavy atom. The lowest BCUT2D eigenvalue weighted by molar-refractivity contribution is 0.0363. The monoisotopic (exact) mass is 273 g/mol. The Morgan fingerprint density at radius 2 is 1.63 bits per heavy atom. The molecule has 0 saturated carbocycles. The van der Waals surface area contributed by atoms with Gasteiger partial charge < -0.3 is 4.74 Å². The molecular formula is C16H16ClNO. The van der Waals surface area contributed by atoms with Crippen LogP contribution in [0.15, 0.2) is 54.6 Å². The number of benzene rings is 2. The van der Waals surface area contributed by atoms with E-state index in [1.54, 1.807) is 0 Å². The molecule has 1 N–H and O–H groups in total. The van der Waals surface area contributed by atoms with Gasteiger partial charge in [-0.15, -0.1) is 0 Å². The van der Waals surface area contributed by atoms with Crippen molar-refractivity contribution in [3.05, 3.63) is 70.7 Å². The largest absolute Gasteiger partial charge is 0.350 e. The number of hydrogen-bond donors (Lipinski definition) is 1. The van der Waals surface area contributed by atoms with E-state index in [1.165, 1.54) is 5.56 Å². The first-order valence-corrected chi connectivity index (χ1v) is 6.84. The van der Waals surface area contributed by atoms with Gasteiger partial charge in [-0.1, -0.05) is 54.1 Å². The van der Waals surface area contributed by atoms with Crippen LogP contribution in [0.5, 0.6) is 0 Å². The van der Waals surface area contributed by atoms with Gasteiger partial charge in [0.2, 0.25) is 0 Å². The van der Waals surface area contributed by atoms with E-state index in [2.05, 4.69) is 24.4 Å². The topological polar surface area (TPSA) is 21.3 Å².